The number of nitrogens with zero attached hydrogens (tertiary/aromatic N) is 1. The van der Waals surface area contributed by atoms with Gasteiger partial charge in [-0.15, -0.1) is 0 Å². The first-order valence-corrected chi connectivity index (χ1v) is 12.9. The molecule has 2 unspecified atom stereocenters. The van der Waals surface area contributed by atoms with E-state index in [1.807, 2.05) is 18.4 Å². The number of ether oxygens (including phenoxy) is 4. The molecular weight excluding hydrogens is 430 g/mol. The third kappa shape index (κ3) is 2.71. The van der Waals surface area contributed by atoms with Crippen molar-refractivity contribution in [3.63, 3.8) is 0 Å². The maximum absolute atomic E-state index is 8.97. The topological polar surface area (TPSA) is 72.8 Å². The zero-order valence-corrected chi connectivity index (χ0v) is 20.6. The Morgan fingerprint density at radius 3 is 2.74 bits per heavy atom. The Bertz CT molecular complexity index is 999. The normalized spacial score (nSPS) is 44.4. The maximum Gasteiger partial charge on any atom is 0.126 e. The van der Waals surface area contributed by atoms with E-state index in [0.29, 0.717) is 25.0 Å². The Hall–Kier alpha value is -1.89. The number of benzene rings is 1. The molecule has 2 spiro atoms. The van der Waals surface area contributed by atoms with Gasteiger partial charge in [-0.1, -0.05) is 36.3 Å². The second-order valence-corrected chi connectivity index (χ2v) is 11.2. The van der Waals surface area contributed by atoms with Crippen molar-refractivity contribution in [1.29, 1.82) is 0 Å². The summed E-state index contributed by atoms with van der Waals surface area (Å²) >= 11 is 0. The van der Waals surface area contributed by atoms with Gasteiger partial charge in [-0.3, -0.25) is 0 Å². The molecule has 3 saturated carbocycles. The highest BCUT2D eigenvalue weighted by Gasteiger charge is 2.84. The fourth-order valence-corrected chi connectivity index (χ4v) is 8.88. The third-order valence-corrected chi connectivity index (χ3v) is 10.2. The molecule has 2 heterocycles. The van der Waals surface area contributed by atoms with Crippen molar-refractivity contribution in [1.82, 2.24) is 0 Å². The predicted molar refractivity (Wildman–Crippen MR) is 128 cm³/mol. The van der Waals surface area contributed by atoms with E-state index in [-0.39, 0.29) is 28.1 Å². The Morgan fingerprint density at radius 2 is 2.00 bits per heavy atom. The van der Waals surface area contributed by atoms with Crippen LogP contribution < -0.4 is 0 Å². The standard InChI is InChI=1S/C28H37NO5/c1-4-33-26(18-31-3)12-11-22-23-10-9-21-17-32-14-13-27(21)28(23,34-27)24(15-25(22,26)2)20-7-5-19(6-8-20)16-29-30/h5-8,16-17,22-24,30H,4,9-15,18H2,1-3H3/b29-16+/t22?,23?,24-,25+,26-,27+,28+/m1/s1. The summed E-state index contributed by atoms with van der Waals surface area (Å²) in [5, 5.41) is 12.2. The van der Waals surface area contributed by atoms with Gasteiger partial charge in [0.05, 0.1) is 31.3 Å². The molecule has 4 fully saturated rings. The van der Waals surface area contributed by atoms with Crippen LogP contribution in [0.4, 0.5) is 0 Å². The van der Waals surface area contributed by atoms with Gasteiger partial charge in [0.15, 0.2) is 0 Å². The molecule has 5 aliphatic rings. The van der Waals surface area contributed by atoms with Crippen LogP contribution in [0.1, 0.15) is 69.4 Å². The number of epoxide rings is 1. The highest BCUT2D eigenvalue weighted by atomic mass is 16.6. The van der Waals surface area contributed by atoms with Crippen molar-refractivity contribution in [3.8, 4) is 0 Å². The van der Waals surface area contributed by atoms with Crippen LogP contribution in [0.3, 0.4) is 0 Å². The number of fused-ring (bicyclic) bond motifs is 2. The maximum atomic E-state index is 8.97. The number of oxime groups is 1. The molecule has 1 aromatic carbocycles. The van der Waals surface area contributed by atoms with Gasteiger partial charge in [0, 0.05) is 31.5 Å². The van der Waals surface area contributed by atoms with E-state index < -0.39 is 0 Å². The Kier molecular flexibility index (Phi) is 5.18. The van der Waals surface area contributed by atoms with Crippen molar-refractivity contribution >= 4 is 6.21 Å². The van der Waals surface area contributed by atoms with Crippen LogP contribution in [0.15, 0.2) is 41.3 Å². The van der Waals surface area contributed by atoms with Crippen LogP contribution in [-0.4, -0.2) is 55.2 Å². The van der Waals surface area contributed by atoms with E-state index in [1.54, 1.807) is 7.11 Å². The average Bonchev–Trinajstić information content (AvgIpc) is 3.43. The molecule has 1 N–H and O–H groups in total. The van der Waals surface area contributed by atoms with Crippen LogP contribution in [0, 0.1) is 17.3 Å². The molecule has 3 aliphatic carbocycles. The lowest BCUT2D eigenvalue weighted by atomic mass is 9.47. The minimum atomic E-state index is -0.266. The molecule has 0 bridgehead atoms. The van der Waals surface area contributed by atoms with Crippen LogP contribution in [0.5, 0.6) is 0 Å². The summed E-state index contributed by atoms with van der Waals surface area (Å²) in [6, 6.07) is 8.51. The largest absolute Gasteiger partial charge is 0.501 e. The number of hydrogen-bond donors (Lipinski definition) is 1. The molecule has 34 heavy (non-hydrogen) atoms. The van der Waals surface area contributed by atoms with E-state index >= 15 is 0 Å². The second kappa shape index (κ2) is 7.81. The van der Waals surface area contributed by atoms with E-state index in [1.165, 1.54) is 23.8 Å². The van der Waals surface area contributed by atoms with E-state index in [0.717, 1.165) is 44.3 Å². The Balaban J connectivity index is 1.48. The van der Waals surface area contributed by atoms with Gasteiger partial charge in [0.2, 0.25) is 0 Å². The highest BCUT2D eigenvalue weighted by Crippen LogP contribution is 2.79. The lowest BCUT2D eigenvalue weighted by Crippen LogP contribution is -2.60. The summed E-state index contributed by atoms with van der Waals surface area (Å²) in [6.45, 7) is 6.64. The van der Waals surface area contributed by atoms with Crippen LogP contribution >= 0.6 is 0 Å². The molecule has 184 valence electrons. The summed E-state index contributed by atoms with van der Waals surface area (Å²) in [5.74, 6) is 1.30. The van der Waals surface area contributed by atoms with Gasteiger partial charge in [-0.2, -0.15) is 0 Å². The Labute approximate surface area is 202 Å². The molecule has 6 nitrogen and oxygen atoms in total. The molecule has 1 aromatic rings. The van der Waals surface area contributed by atoms with Gasteiger partial charge in [0.25, 0.3) is 0 Å². The van der Waals surface area contributed by atoms with Crippen molar-refractivity contribution in [3.05, 3.63) is 47.2 Å². The number of methoxy groups -OCH3 is 1. The van der Waals surface area contributed by atoms with E-state index in [9.17, 15) is 0 Å². The number of hydrogen-bond acceptors (Lipinski definition) is 6. The van der Waals surface area contributed by atoms with Crippen LogP contribution in [0.25, 0.3) is 0 Å². The predicted octanol–water partition coefficient (Wildman–Crippen LogP) is 5.04. The number of rotatable bonds is 6. The summed E-state index contributed by atoms with van der Waals surface area (Å²) in [7, 11) is 1.80. The van der Waals surface area contributed by atoms with Gasteiger partial charge in [-0.25, -0.2) is 0 Å². The van der Waals surface area contributed by atoms with Crippen LogP contribution in [-0.2, 0) is 18.9 Å². The fourth-order valence-electron chi connectivity index (χ4n) is 8.88. The zero-order valence-electron chi connectivity index (χ0n) is 20.6. The summed E-state index contributed by atoms with van der Waals surface area (Å²) in [5.41, 5.74) is 2.95. The molecule has 0 aromatic heterocycles. The van der Waals surface area contributed by atoms with Gasteiger partial charge in [0.1, 0.15) is 11.2 Å². The fraction of sp³-hybridized carbons (Fsp3) is 0.679. The molecule has 0 amide bonds. The zero-order chi connectivity index (χ0) is 23.6. The van der Waals surface area contributed by atoms with Crippen molar-refractivity contribution in [2.24, 2.45) is 22.4 Å². The first-order valence-electron chi connectivity index (χ1n) is 12.9. The minimum absolute atomic E-state index is 0.00432. The first kappa shape index (κ1) is 22.6. The van der Waals surface area contributed by atoms with Crippen molar-refractivity contribution in [2.45, 2.75) is 75.1 Å². The lowest BCUT2D eigenvalue weighted by Gasteiger charge is -2.57. The van der Waals surface area contributed by atoms with Gasteiger partial charge >= 0.3 is 0 Å². The quantitative estimate of drug-likeness (QED) is 0.275. The Morgan fingerprint density at radius 1 is 1.18 bits per heavy atom. The molecule has 1 saturated heterocycles. The van der Waals surface area contributed by atoms with E-state index in [4.69, 9.17) is 24.2 Å². The highest BCUT2D eigenvalue weighted by molar-refractivity contribution is 5.79. The average molecular weight is 468 g/mol. The summed E-state index contributed by atoms with van der Waals surface area (Å²) < 4.78 is 25.3. The third-order valence-electron chi connectivity index (χ3n) is 10.2. The monoisotopic (exact) mass is 467 g/mol. The molecule has 0 radical (unpaired) electrons. The SMILES string of the molecule is CCO[C@@]1(COC)CCC2C3CCC4=COCC[C@]45O[C@]35[C@@H](c3ccc(/C=N/O)cc3)C[C@@]21C. The molecule has 6 heteroatoms. The van der Waals surface area contributed by atoms with Gasteiger partial charge in [-0.05, 0) is 67.6 Å². The van der Waals surface area contributed by atoms with Crippen molar-refractivity contribution in [2.75, 3.05) is 26.9 Å². The smallest absolute Gasteiger partial charge is 0.126 e. The van der Waals surface area contributed by atoms with Crippen LogP contribution in [0.2, 0.25) is 0 Å². The molecular formula is C28H37NO5. The molecule has 6 rings (SSSR count). The summed E-state index contributed by atoms with van der Waals surface area (Å²) in [4.78, 5) is 0. The molecule has 2 aliphatic heterocycles. The lowest BCUT2D eigenvalue weighted by molar-refractivity contribution is -0.177. The minimum Gasteiger partial charge on any atom is -0.501 e. The molecule has 7 atom stereocenters. The van der Waals surface area contributed by atoms with Gasteiger partial charge < -0.3 is 24.2 Å². The van der Waals surface area contributed by atoms with E-state index in [2.05, 4.69) is 31.1 Å². The van der Waals surface area contributed by atoms with Crippen molar-refractivity contribution < 1.29 is 24.2 Å². The second-order valence-electron chi connectivity index (χ2n) is 11.2. The first-order chi connectivity index (χ1) is 16.5. The summed E-state index contributed by atoms with van der Waals surface area (Å²) in [6.07, 6.45) is 9.85.